The number of amides is 1. The monoisotopic (exact) mass is 296 g/mol. The molecule has 1 heterocycles. The van der Waals surface area contributed by atoms with E-state index in [0.717, 1.165) is 26.8 Å². The van der Waals surface area contributed by atoms with Crippen LogP contribution in [0, 0.1) is 0 Å². The molecule has 0 bridgehead atoms. The first-order valence-corrected chi connectivity index (χ1v) is 6.43. The summed E-state index contributed by atoms with van der Waals surface area (Å²) in [6.07, 6.45) is -4.92. The van der Waals surface area contributed by atoms with Gasteiger partial charge in [0.25, 0.3) is 0 Å². The molecular weight excluding hydrogens is 289 g/mol. The van der Waals surface area contributed by atoms with E-state index >= 15 is 0 Å². The molecule has 0 spiro atoms. The van der Waals surface area contributed by atoms with Crippen LogP contribution < -0.4 is 5.32 Å². The number of aromatic nitrogens is 1. The fraction of sp³-hybridized carbons (Fsp3) is 0.0769. The molecule has 0 aliphatic rings. The molecule has 0 unspecified atom stereocenters. The second-order valence-corrected chi connectivity index (χ2v) is 5.13. The maximum Gasteiger partial charge on any atom is 0.471 e. The molecule has 7 heteroatoms. The van der Waals surface area contributed by atoms with Gasteiger partial charge in [0.1, 0.15) is 0 Å². The number of fused-ring (bicyclic) bond motifs is 3. The average molecular weight is 296 g/mol. The van der Waals surface area contributed by atoms with Crippen LogP contribution in [-0.2, 0) is 4.79 Å². The number of nitrogens with zero attached hydrogens (tertiary/aromatic N) is 1. The highest BCUT2D eigenvalue weighted by atomic mass is 32.1. The maximum atomic E-state index is 12.2. The van der Waals surface area contributed by atoms with Gasteiger partial charge in [0.2, 0.25) is 0 Å². The van der Waals surface area contributed by atoms with Gasteiger partial charge >= 0.3 is 12.1 Å². The Bertz CT molecular complexity index is 810. The SMILES string of the molecule is O=C(Nc1nc2c(ccc3ccccc32)s1)C(F)(F)F. The number of hydrogen-bond donors (Lipinski definition) is 1. The number of rotatable bonds is 1. The molecule has 1 N–H and O–H groups in total. The molecule has 0 aliphatic heterocycles. The average Bonchev–Trinajstić information content (AvgIpc) is 2.80. The van der Waals surface area contributed by atoms with Crippen LogP contribution in [0.2, 0.25) is 0 Å². The number of nitrogens with one attached hydrogen (secondary N) is 1. The molecule has 1 amide bonds. The van der Waals surface area contributed by atoms with E-state index in [-0.39, 0.29) is 5.13 Å². The molecule has 3 aromatic rings. The third kappa shape index (κ3) is 2.20. The van der Waals surface area contributed by atoms with Crippen molar-refractivity contribution in [3.8, 4) is 0 Å². The summed E-state index contributed by atoms with van der Waals surface area (Å²) in [5.41, 5.74) is 0.588. The third-order valence-electron chi connectivity index (χ3n) is 2.76. The molecule has 102 valence electrons. The van der Waals surface area contributed by atoms with Gasteiger partial charge in [-0.15, -0.1) is 0 Å². The minimum atomic E-state index is -4.92. The van der Waals surface area contributed by atoms with E-state index in [1.165, 1.54) is 0 Å². The van der Waals surface area contributed by atoms with Crippen LogP contribution in [0.4, 0.5) is 18.3 Å². The van der Waals surface area contributed by atoms with Gasteiger partial charge < -0.3 is 0 Å². The first kappa shape index (κ1) is 12.9. The summed E-state index contributed by atoms with van der Waals surface area (Å²) in [5.74, 6) is -2.01. The number of carbonyl (C=O) groups excluding carboxylic acids is 1. The number of halogens is 3. The molecule has 0 aliphatic carbocycles. The first-order valence-electron chi connectivity index (χ1n) is 5.61. The number of carbonyl (C=O) groups is 1. The van der Waals surface area contributed by atoms with Crippen molar-refractivity contribution in [2.75, 3.05) is 5.32 Å². The van der Waals surface area contributed by atoms with E-state index in [0.29, 0.717) is 5.52 Å². The van der Waals surface area contributed by atoms with Crippen LogP contribution in [0.1, 0.15) is 0 Å². The highest BCUT2D eigenvalue weighted by Crippen LogP contribution is 2.32. The van der Waals surface area contributed by atoms with Gasteiger partial charge in [0, 0.05) is 5.39 Å². The number of alkyl halides is 3. The van der Waals surface area contributed by atoms with E-state index in [9.17, 15) is 18.0 Å². The van der Waals surface area contributed by atoms with Gasteiger partial charge in [0.05, 0.1) is 10.2 Å². The lowest BCUT2D eigenvalue weighted by Crippen LogP contribution is -2.29. The van der Waals surface area contributed by atoms with Gasteiger partial charge in [-0.3, -0.25) is 10.1 Å². The van der Waals surface area contributed by atoms with Crippen LogP contribution in [0.25, 0.3) is 21.0 Å². The fourth-order valence-electron chi connectivity index (χ4n) is 1.88. The molecule has 0 radical (unpaired) electrons. The molecule has 3 nitrogen and oxygen atoms in total. The highest BCUT2D eigenvalue weighted by molar-refractivity contribution is 7.22. The molecule has 1 aromatic heterocycles. The van der Waals surface area contributed by atoms with Gasteiger partial charge in [-0.2, -0.15) is 13.2 Å². The quantitative estimate of drug-likeness (QED) is 0.738. The molecule has 2 aromatic carbocycles. The van der Waals surface area contributed by atoms with Crippen LogP contribution in [0.15, 0.2) is 36.4 Å². The van der Waals surface area contributed by atoms with E-state index in [1.807, 2.05) is 30.3 Å². The molecule has 20 heavy (non-hydrogen) atoms. The Morgan fingerprint density at radius 3 is 2.65 bits per heavy atom. The topological polar surface area (TPSA) is 42.0 Å². The second kappa shape index (κ2) is 4.45. The zero-order chi connectivity index (χ0) is 14.3. The number of benzene rings is 2. The summed E-state index contributed by atoms with van der Waals surface area (Å²) >= 11 is 1.01. The Hall–Kier alpha value is -2.15. The third-order valence-corrected chi connectivity index (χ3v) is 3.70. The summed E-state index contributed by atoms with van der Waals surface area (Å²) in [6.45, 7) is 0. The fourth-order valence-corrected chi connectivity index (χ4v) is 2.76. The van der Waals surface area contributed by atoms with Gasteiger partial charge in [-0.05, 0) is 11.5 Å². The molecule has 0 atom stereocenters. The summed E-state index contributed by atoms with van der Waals surface area (Å²) in [6, 6.07) is 11.1. The van der Waals surface area contributed by atoms with Crippen molar-refractivity contribution < 1.29 is 18.0 Å². The normalized spacial score (nSPS) is 11.9. The van der Waals surface area contributed by atoms with Crippen molar-refractivity contribution in [1.29, 1.82) is 0 Å². The molecule has 0 saturated carbocycles. The van der Waals surface area contributed by atoms with Crippen molar-refractivity contribution in [2.24, 2.45) is 0 Å². The van der Waals surface area contributed by atoms with Crippen molar-refractivity contribution >= 4 is 43.4 Å². The summed E-state index contributed by atoms with van der Waals surface area (Å²) < 4.78 is 37.3. The lowest BCUT2D eigenvalue weighted by atomic mass is 10.1. The van der Waals surface area contributed by atoms with E-state index in [1.54, 1.807) is 11.4 Å². The van der Waals surface area contributed by atoms with Crippen LogP contribution >= 0.6 is 11.3 Å². The van der Waals surface area contributed by atoms with Crippen LogP contribution in [-0.4, -0.2) is 17.1 Å². The van der Waals surface area contributed by atoms with E-state index < -0.39 is 12.1 Å². The Balaban J connectivity index is 2.07. The number of hydrogen-bond acceptors (Lipinski definition) is 3. The molecular formula is C13H7F3N2OS. The van der Waals surface area contributed by atoms with Gasteiger partial charge in [0.15, 0.2) is 5.13 Å². The Labute approximate surface area is 115 Å². The lowest BCUT2D eigenvalue weighted by molar-refractivity contribution is -0.167. The van der Waals surface area contributed by atoms with Crippen LogP contribution in [0.3, 0.4) is 0 Å². The van der Waals surface area contributed by atoms with Crippen LogP contribution in [0.5, 0.6) is 0 Å². The number of thiazole rings is 1. The first-order chi connectivity index (χ1) is 9.45. The Morgan fingerprint density at radius 1 is 1.15 bits per heavy atom. The lowest BCUT2D eigenvalue weighted by Gasteiger charge is -2.03. The summed E-state index contributed by atoms with van der Waals surface area (Å²) in [4.78, 5) is 15.0. The molecule has 3 rings (SSSR count). The van der Waals surface area contributed by atoms with Crippen molar-refractivity contribution in [3.05, 3.63) is 36.4 Å². The van der Waals surface area contributed by atoms with Crippen molar-refractivity contribution in [3.63, 3.8) is 0 Å². The van der Waals surface area contributed by atoms with Crippen molar-refractivity contribution in [2.45, 2.75) is 6.18 Å². The zero-order valence-corrected chi connectivity index (χ0v) is 10.7. The minimum absolute atomic E-state index is 0.0568. The molecule has 0 fully saturated rings. The number of anilines is 1. The predicted molar refractivity (Wildman–Crippen MR) is 71.8 cm³/mol. The standard InChI is InChI=1S/C13H7F3N2OS/c14-13(15,16)11(19)18-12-17-10-8-4-2-1-3-7(8)5-6-9(10)20-12/h1-6H,(H,17,18,19). The van der Waals surface area contributed by atoms with Gasteiger partial charge in [-0.1, -0.05) is 41.7 Å². The molecule has 0 saturated heterocycles. The minimum Gasteiger partial charge on any atom is -0.294 e. The van der Waals surface area contributed by atoms with Gasteiger partial charge in [-0.25, -0.2) is 4.98 Å². The predicted octanol–water partition coefficient (Wildman–Crippen LogP) is 3.95. The van der Waals surface area contributed by atoms with Crippen molar-refractivity contribution in [1.82, 2.24) is 4.98 Å². The van der Waals surface area contributed by atoms with E-state index in [4.69, 9.17) is 0 Å². The highest BCUT2D eigenvalue weighted by Gasteiger charge is 2.39. The summed E-state index contributed by atoms with van der Waals surface area (Å²) in [5, 5.41) is 3.51. The maximum absolute atomic E-state index is 12.2. The smallest absolute Gasteiger partial charge is 0.294 e. The van der Waals surface area contributed by atoms with E-state index in [2.05, 4.69) is 4.98 Å². The largest absolute Gasteiger partial charge is 0.471 e. The summed E-state index contributed by atoms with van der Waals surface area (Å²) in [7, 11) is 0. The Morgan fingerprint density at radius 2 is 1.90 bits per heavy atom. The Kier molecular flexibility index (Phi) is 2.86. The zero-order valence-electron chi connectivity index (χ0n) is 9.86. The second-order valence-electron chi connectivity index (χ2n) is 4.10.